The molecule has 2 aromatic rings. The van der Waals surface area contributed by atoms with Gasteiger partial charge in [-0.15, -0.1) is 0 Å². The summed E-state index contributed by atoms with van der Waals surface area (Å²) in [6.07, 6.45) is 0. The van der Waals surface area contributed by atoms with E-state index in [-0.39, 0.29) is 11.4 Å². The van der Waals surface area contributed by atoms with E-state index < -0.39 is 4.92 Å². The van der Waals surface area contributed by atoms with E-state index >= 15 is 0 Å². The number of nitro benzene ring substituents is 1. The minimum atomic E-state index is -0.602. The number of hydrogen-bond acceptors (Lipinski definition) is 4. The lowest BCUT2D eigenvalue weighted by molar-refractivity contribution is -0.385. The van der Waals surface area contributed by atoms with Gasteiger partial charge in [-0.3, -0.25) is 10.1 Å². The summed E-state index contributed by atoms with van der Waals surface area (Å²) < 4.78 is 5.17. The Labute approximate surface area is 110 Å². The molecular formula is C14H13NO4. The van der Waals surface area contributed by atoms with Crippen LogP contribution in [0.15, 0.2) is 36.4 Å². The number of methoxy groups -OCH3 is 1. The Morgan fingerprint density at radius 1 is 1.16 bits per heavy atom. The van der Waals surface area contributed by atoms with Crippen molar-refractivity contribution in [3.63, 3.8) is 0 Å². The van der Waals surface area contributed by atoms with Crippen LogP contribution in [0.4, 0.5) is 5.69 Å². The molecule has 5 nitrogen and oxygen atoms in total. The fourth-order valence-corrected chi connectivity index (χ4v) is 1.91. The minimum absolute atomic E-state index is 0.300. The summed E-state index contributed by atoms with van der Waals surface area (Å²) in [6, 6.07) is 9.84. The molecule has 98 valence electrons. The Bertz CT molecular complexity index is 637. The zero-order chi connectivity index (χ0) is 14.0. The molecule has 1 N–H and O–H groups in total. The number of aromatic hydroxyl groups is 1. The Hall–Kier alpha value is -2.56. The molecule has 0 atom stereocenters. The molecule has 0 heterocycles. The normalized spacial score (nSPS) is 10.2. The van der Waals surface area contributed by atoms with Crippen LogP contribution in [0.2, 0.25) is 0 Å². The van der Waals surface area contributed by atoms with Crippen molar-refractivity contribution in [3.05, 3.63) is 52.1 Å². The molecule has 0 radical (unpaired) electrons. The van der Waals surface area contributed by atoms with E-state index in [1.54, 1.807) is 13.2 Å². The SMILES string of the molecule is COc1ccc(-c2ccc(O)c([N+](=O)[O-])c2)cc1C. The van der Waals surface area contributed by atoms with Gasteiger partial charge in [0.1, 0.15) is 5.75 Å². The summed E-state index contributed by atoms with van der Waals surface area (Å²) >= 11 is 0. The lowest BCUT2D eigenvalue weighted by atomic mass is 10.0. The van der Waals surface area contributed by atoms with Crippen molar-refractivity contribution in [2.24, 2.45) is 0 Å². The number of ether oxygens (including phenoxy) is 1. The van der Waals surface area contributed by atoms with Gasteiger partial charge in [0.05, 0.1) is 12.0 Å². The lowest BCUT2D eigenvalue weighted by Crippen LogP contribution is -1.91. The second-order valence-corrected chi connectivity index (χ2v) is 4.15. The summed E-state index contributed by atoms with van der Waals surface area (Å²) in [4.78, 5) is 10.2. The molecule has 2 rings (SSSR count). The summed E-state index contributed by atoms with van der Waals surface area (Å²) in [6.45, 7) is 1.90. The molecule has 0 aromatic heterocycles. The average Bonchev–Trinajstić information content (AvgIpc) is 2.38. The van der Waals surface area contributed by atoms with Crippen LogP contribution in [0.25, 0.3) is 11.1 Å². The second-order valence-electron chi connectivity index (χ2n) is 4.15. The number of nitrogens with zero attached hydrogens (tertiary/aromatic N) is 1. The van der Waals surface area contributed by atoms with E-state index in [4.69, 9.17) is 4.74 Å². The minimum Gasteiger partial charge on any atom is -0.502 e. The number of aryl methyl sites for hydroxylation is 1. The molecule has 2 aromatic carbocycles. The van der Waals surface area contributed by atoms with Gasteiger partial charge in [0.2, 0.25) is 0 Å². The molecule has 0 amide bonds. The van der Waals surface area contributed by atoms with Crippen molar-refractivity contribution in [1.29, 1.82) is 0 Å². The van der Waals surface area contributed by atoms with Crippen LogP contribution in [0.5, 0.6) is 11.5 Å². The molecule has 0 fully saturated rings. The van der Waals surface area contributed by atoms with E-state index in [1.807, 2.05) is 25.1 Å². The van der Waals surface area contributed by atoms with E-state index in [2.05, 4.69) is 0 Å². The van der Waals surface area contributed by atoms with Gasteiger partial charge in [0.15, 0.2) is 5.75 Å². The molecule has 0 aliphatic heterocycles. The molecule has 0 spiro atoms. The maximum atomic E-state index is 10.8. The first-order valence-corrected chi connectivity index (χ1v) is 5.65. The summed E-state index contributed by atoms with van der Waals surface area (Å²) in [5, 5.41) is 20.2. The number of hydrogen-bond donors (Lipinski definition) is 1. The van der Waals surface area contributed by atoms with Gasteiger partial charge in [-0.1, -0.05) is 12.1 Å². The first-order valence-electron chi connectivity index (χ1n) is 5.65. The lowest BCUT2D eigenvalue weighted by Gasteiger charge is -2.08. The van der Waals surface area contributed by atoms with Gasteiger partial charge in [-0.25, -0.2) is 0 Å². The third-order valence-electron chi connectivity index (χ3n) is 2.90. The van der Waals surface area contributed by atoms with Crippen LogP contribution < -0.4 is 4.74 Å². The van der Waals surface area contributed by atoms with Gasteiger partial charge in [-0.2, -0.15) is 0 Å². The molecule has 19 heavy (non-hydrogen) atoms. The molecular weight excluding hydrogens is 246 g/mol. The Morgan fingerprint density at radius 2 is 1.79 bits per heavy atom. The highest BCUT2D eigenvalue weighted by molar-refractivity contribution is 5.70. The maximum absolute atomic E-state index is 10.8. The quantitative estimate of drug-likeness (QED) is 0.678. The topological polar surface area (TPSA) is 72.6 Å². The molecule has 0 bridgehead atoms. The molecule has 5 heteroatoms. The highest BCUT2D eigenvalue weighted by Gasteiger charge is 2.14. The summed E-state index contributed by atoms with van der Waals surface area (Å²) in [5.74, 6) is 0.427. The fourth-order valence-electron chi connectivity index (χ4n) is 1.91. The molecule has 0 saturated carbocycles. The summed E-state index contributed by atoms with van der Waals surface area (Å²) in [7, 11) is 1.59. The maximum Gasteiger partial charge on any atom is 0.311 e. The molecule has 0 saturated heterocycles. The van der Waals surface area contributed by atoms with Gasteiger partial charge < -0.3 is 9.84 Å². The predicted octanol–water partition coefficient (Wildman–Crippen LogP) is 3.28. The van der Waals surface area contributed by atoms with Crippen molar-refractivity contribution < 1.29 is 14.8 Å². The third kappa shape index (κ3) is 2.49. The Morgan fingerprint density at radius 3 is 2.37 bits per heavy atom. The van der Waals surface area contributed by atoms with Gasteiger partial charge >= 0.3 is 5.69 Å². The largest absolute Gasteiger partial charge is 0.502 e. The van der Waals surface area contributed by atoms with Gasteiger partial charge in [0.25, 0.3) is 0 Å². The van der Waals surface area contributed by atoms with Crippen LogP contribution >= 0.6 is 0 Å². The van der Waals surface area contributed by atoms with Gasteiger partial charge in [0, 0.05) is 6.07 Å². The van der Waals surface area contributed by atoms with E-state index in [1.165, 1.54) is 12.1 Å². The van der Waals surface area contributed by atoms with E-state index in [0.29, 0.717) is 5.56 Å². The monoisotopic (exact) mass is 259 g/mol. The Balaban J connectivity index is 2.50. The van der Waals surface area contributed by atoms with Crippen LogP contribution in [-0.2, 0) is 0 Å². The van der Waals surface area contributed by atoms with Crippen LogP contribution in [0.3, 0.4) is 0 Å². The second kappa shape index (κ2) is 4.97. The average molecular weight is 259 g/mol. The first kappa shape index (κ1) is 12.9. The standard InChI is InChI=1S/C14H13NO4/c1-9-7-10(4-6-14(9)19-2)11-3-5-13(16)12(8-11)15(17)18/h3-8,16H,1-2H3. The van der Waals surface area contributed by atoms with Crippen molar-refractivity contribution in [3.8, 4) is 22.6 Å². The fraction of sp³-hybridized carbons (Fsp3) is 0.143. The molecule has 0 aliphatic carbocycles. The number of rotatable bonds is 3. The highest BCUT2D eigenvalue weighted by Crippen LogP contribution is 2.32. The van der Waals surface area contributed by atoms with Crippen LogP contribution in [0.1, 0.15) is 5.56 Å². The van der Waals surface area contributed by atoms with Crippen LogP contribution in [-0.4, -0.2) is 17.1 Å². The van der Waals surface area contributed by atoms with Crippen LogP contribution in [0, 0.1) is 17.0 Å². The predicted molar refractivity (Wildman–Crippen MR) is 71.5 cm³/mol. The van der Waals surface area contributed by atoms with E-state index in [9.17, 15) is 15.2 Å². The van der Waals surface area contributed by atoms with Crippen molar-refractivity contribution in [1.82, 2.24) is 0 Å². The van der Waals surface area contributed by atoms with E-state index in [0.717, 1.165) is 16.9 Å². The van der Waals surface area contributed by atoms with Crippen molar-refractivity contribution >= 4 is 5.69 Å². The van der Waals surface area contributed by atoms with Crippen molar-refractivity contribution in [2.45, 2.75) is 6.92 Å². The molecule has 0 unspecified atom stereocenters. The van der Waals surface area contributed by atoms with Crippen molar-refractivity contribution in [2.75, 3.05) is 7.11 Å². The van der Waals surface area contributed by atoms with Gasteiger partial charge in [-0.05, 0) is 41.8 Å². The summed E-state index contributed by atoms with van der Waals surface area (Å²) in [5.41, 5.74) is 2.15. The zero-order valence-corrected chi connectivity index (χ0v) is 10.6. The first-order chi connectivity index (χ1) is 9.02. The number of phenolic OH excluding ortho intramolecular Hbond substituents is 1. The number of phenols is 1. The zero-order valence-electron chi connectivity index (χ0n) is 10.6. The number of nitro groups is 1. The third-order valence-corrected chi connectivity index (χ3v) is 2.90. The molecule has 0 aliphatic rings. The highest BCUT2D eigenvalue weighted by atomic mass is 16.6. The Kier molecular flexibility index (Phi) is 3.37. The smallest absolute Gasteiger partial charge is 0.311 e. The number of benzene rings is 2.